The molecule has 39 heavy (non-hydrogen) atoms. The molecule has 0 fully saturated rings. The van der Waals surface area contributed by atoms with Crippen molar-refractivity contribution in [2.24, 2.45) is 20.2 Å². The zero-order valence-electron chi connectivity index (χ0n) is 20.7. The summed E-state index contributed by atoms with van der Waals surface area (Å²) in [4.78, 5) is 9.53. The van der Waals surface area contributed by atoms with Crippen molar-refractivity contribution in [1.29, 1.82) is 0 Å². The minimum Gasteiger partial charge on any atom is -0.507 e. The van der Waals surface area contributed by atoms with Crippen molar-refractivity contribution in [1.82, 2.24) is 0 Å². The molecule has 2 N–H and O–H groups in total. The van der Waals surface area contributed by atoms with Crippen LogP contribution in [0.4, 0.5) is 22.7 Å². The molecule has 190 valence electrons. The lowest BCUT2D eigenvalue weighted by Gasteiger charge is -2.11. The fourth-order valence-corrected chi connectivity index (χ4v) is 3.99. The van der Waals surface area contributed by atoms with Gasteiger partial charge >= 0.3 is 0 Å². The SMILES string of the molecule is Oc1ccc(N=Nc2ccccc2)cc1C=Nc1ccccc1N=C(c1ccccc1)c1cc(Cl)ccc1O. The van der Waals surface area contributed by atoms with Crippen LogP contribution in [0.3, 0.4) is 0 Å². The van der Waals surface area contributed by atoms with Crippen LogP contribution in [0.15, 0.2) is 142 Å². The minimum atomic E-state index is 0.0622. The summed E-state index contributed by atoms with van der Waals surface area (Å²) in [6, 6.07) is 36.1. The minimum absolute atomic E-state index is 0.0622. The molecule has 0 unspecified atom stereocenters. The molecule has 5 aromatic rings. The first-order chi connectivity index (χ1) is 19.1. The highest BCUT2D eigenvalue weighted by Crippen LogP contribution is 2.32. The number of aliphatic imine (C=N–C) groups is 2. The van der Waals surface area contributed by atoms with Crippen LogP contribution in [0.25, 0.3) is 0 Å². The van der Waals surface area contributed by atoms with Gasteiger partial charge in [-0.05, 0) is 60.7 Å². The molecule has 0 atom stereocenters. The Morgan fingerprint density at radius 1 is 0.615 bits per heavy atom. The molecular weight excluding hydrogens is 508 g/mol. The van der Waals surface area contributed by atoms with Crippen LogP contribution in [-0.2, 0) is 0 Å². The number of phenolic OH excluding ortho intramolecular Hbond substituents is 2. The molecule has 0 heterocycles. The van der Waals surface area contributed by atoms with E-state index < -0.39 is 0 Å². The van der Waals surface area contributed by atoms with E-state index in [9.17, 15) is 10.2 Å². The third-order valence-corrected chi connectivity index (χ3v) is 6.00. The average Bonchev–Trinajstić information content (AvgIpc) is 2.97. The Balaban J connectivity index is 1.52. The van der Waals surface area contributed by atoms with E-state index >= 15 is 0 Å². The van der Waals surface area contributed by atoms with Gasteiger partial charge in [-0.15, -0.1) is 0 Å². The molecule has 0 aliphatic heterocycles. The van der Waals surface area contributed by atoms with Crippen LogP contribution in [0.5, 0.6) is 11.5 Å². The van der Waals surface area contributed by atoms with Gasteiger partial charge in [0.15, 0.2) is 0 Å². The standard InChI is InChI=1S/C32H23ClN4O2/c33-24-15-17-31(39)27(20-24)32(22-9-3-1-4-10-22)35-29-14-8-7-13-28(29)34-21-23-19-26(16-18-30(23)38)37-36-25-11-5-2-6-12-25/h1-21,38-39H. The second-order valence-electron chi connectivity index (χ2n) is 8.51. The molecule has 7 heteroatoms. The van der Waals surface area contributed by atoms with Crippen molar-refractivity contribution in [2.45, 2.75) is 0 Å². The maximum atomic E-state index is 10.6. The van der Waals surface area contributed by atoms with Gasteiger partial charge in [0.25, 0.3) is 0 Å². The fourth-order valence-electron chi connectivity index (χ4n) is 3.82. The Morgan fingerprint density at radius 3 is 2.03 bits per heavy atom. The first kappa shape index (κ1) is 25.6. The van der Waals surface area contributed by atoms with Gasteiger partial charge in [0.2, 0.25) is 0 Å². The average molecular weight is 531 g/mol. The molecule has 0 amide bonds. The smallest absolute Gasteiger partial charge is 0.125 e. The number of phenols is 2. The number of azo groups is 1. The Kier molecular flexibility index (Phi) is 7.86. The maximum Gasteiger partial charge on any atom is 0.125 e. The van der Waals surface area contributed by atoms with Crippen molar-refractivity contribution in [3.63, 3.8) is 0 Å². The van der Waals surface area contributed by atoms with Crippen LogP contribution < -0.4 is 0 Å². The van der Waals surface area contributed by atoms with Crippen LogP contribution in [0, 0.1) is 0 Å². The zero-order valence-corrected chi connectivity index (χ0v) is 21.4. The molecule has 0 aliphatic carbocycles. The number of hydrogen-bond acceptors (Lipinski definition) is 6. The largest absolute Gasteiger partial charge is 0.507 e. The predicted octanol–water partition coefficient (Wildman–Crippen LogP) is 9.09. The highest BCUT2D eigenvalue weighted by Gasteiger charge is 2.14. The third kappa shape index (κ3) is 6.44. The summed E-state index contributed by atoms with van der Waals surface area (Å²) in [5.41, 5.74) is 4.79. The molecule has 0 saturated heterocycles. The molecule has 5 rings (SSSR count). The molecule has 5 aromatic carbocycles. The summed E-state index contributed by atoms with van der Waals surface area (Å²) < 4.78 is 0. The van der Waals surface area contributed by atoms with Crippen LogP contribution in [0.1, 0.15) is 16.7 Å². The highest BCUT2D eigenvalue weighted by molar-refractivity contribution is 6.31. The Morgan fingerprint density at radius 2 is 1.26 bits per heavy atom. The predicted molar refractivity (Wildman–Crippen MR) is 157 cm³/mol. The number of aromatic hydroxyl groups is 2. The molecule has 0 bridgehead atoms. The molecule has 0 spiro atoms. The third-order valence-electron chi connectivity index (χ3n) is 5.77. The van der Waals surface area contributed by atoms with Gasteiger partial charge in [0, 0.05) is 27.9 Å². The van der Waals surface area contributed by atoms with E-state index in [2.05, 4.69) is 15.2 Å². The Labute approximate surface area is 231 Å². The van der Waals surface area contributed by atoms with Gasteiger partial charge < -0.3 is 10.2 Å². The Hall–Kier alpha value is -5.07. The van der Waals surface area contributed by atoms with Gasteiger partial charge in [-0.25, -0.2) is 4.99 Å². The van der Waals surface area contributed by atoms with Crippen molar-refractivity contribution < 1.29 is 10.2 Å². The normalized spacial score (nSPS) is 11.9. The molecule has 0 radical (unpaired) electrons. The van der Waals surface area contributed by atoms with Crippen molar-refractivity contribution >= 4 is 46.3 Å². The number of halogens is 1. The van der Waals surface area contributed by atoms with E-state index in [4.69, 9.17) is 16.6 Å². The molecule has 6 nitrogen and oxygen atoms in total. The van der Waals surface area contributed by atoms with Gasteiger partial charge in [-0.2, -0.15) is 10.2 Å². The monoisotopic (exact) mass is 530 g/mol. The van der Waals surface area contributed by atoms with E-state index in [0.29, 0.717) is 38.9 Å². The molecular formula is C32H23ClN4O2. The van der Waals surface area contributed by atoms with E-state index in [1.54, 1.807) is 42.6 Å². The van der Waals surface area contributed by atoms with E-state index in [1.165, 1.54) is 0 Å². The molecule has 0 aromatic heterocycles. The number of rotatable bonds is 7. The summed E-state index contributed by atoms with van der Waals surface area (Å²) >= 11 is 6.26. The summed E-state index contributed by atoms with van der Waals surface area (Å²) in [6.45, 7) is 0. The van der Waals surface area contributed by atoms with E-state index in [0.717, 1.165) is 11.3 Å². The highest BCUT2D eigenvalue weighted by atomic mass is 35.5. The second-order valence-corrected chi connectivity index (χ2v) is 8.95. The first-order valence-electron chi connectivity index (χ1n) is 12.1. The van der Waals surface area contributed by atoms with Crippen LogP contribution in [0.2, 0.25) is 5.02 Å². The van der Waals surface area contributed by atoms with Crippen LogP contribution >= 0.6 is 11.6 Å². The number of para-hydroxylation sites is 2. The van der Waals surface area contributed by atoms with Crippen molar-refractivity contribution in [3.05, 3.63) is 143 Å². The lowest BCUT2D eigenvalue weighted by Crippen LogP contribution is -2.03. The van der Waals surface area contributed by atoms with E-state index in [-0.39, 0.29) is 11.5 Å². The van der Waals surface area contributed by atoms with Gasteiger partial charge in [-0.3, -0.25) is 4.99 Å². The van der Waals surface area contributed by atoms with Gasteiger partial charge in [0.05, 0.1) is 28.5 Å². The Bertz CT molecular complexity index is 1680. The fraction of sp³-hybridized carbons (Fsp3) is 0. The van der Waals surface area contributed by atoms with Crippen LogP contribution in [-0.4, -0.2) is 22.1 Å². The van der Waals surface area contributed by atoms with E-state index in [1.807, 2.05) is 84.9 Å². The number of benzene rings is 5. The second kappa shape index (κ2) is 12.0. The van der Waals surface area contributed by atoms with Gasteiger partial charge in [-0.1, -0.05) is 72.3 Å². The summed E-state index contributed by atoms with van der Waals surface area (Å²) in [5, 5.41) is 30.0. The molecule has 0 saturated carbocycles. The van der Waals surface area contributed by atoms with Gasteiger partial charge in [0.1, 0.15) is 11.5 Å². The summed E-state index contributed by atoms with van der Waals surface area (Å²) in [7, 11) is 0. The number of nitrogens with zero attached hydrogens (tertiary/aromatic N) is 4. The zero-order chi connectivity index (χ0) is 27.0. The van der Waals surface area contributed by atoms with Crippen molar-refractivity contribution in [2.75, 3.05) is 0 Å². The first-order valence-corrected chi connectivity index (χ1v) is 12.5. The maximum absolute atomic E-state index is 10.6. The lowest BCUT2D eigenvalue weighted by atomic mass is 10.0. The van der Waals surface area contributed by atoms with Crippen molar-refractivity contribution in [3.8, 4) is 11.5 Å². The summed E-state index contributed by atoms with van der Waals surface area (Å²) in [6.07, 6.45) is 1.56. The topological polar surface area (TPSA) is 89.9 Å². The quantitative estimate of drug-likeness (QED) is 0.162. The summed E-state index contributed by atoms with van der Waals surface area (Å²) in [5.74, 6) is 0.126. The lowest BCUT2D eigenvalue weighted by molar-refractivity contribution is 0.474. The molecule has 0 aliphatic rings. The number of hydrogen-bond donors (Lipinski definition) is 2.